The van der Waals surface area contributed by atoms with Gasteiger partial charge < -0.3 is 25.2 Å². The van der Waals surface area contributed by atoms with E-state index < -0.39 is 6.10 Å². The highest BCUT2D eigenvalue weighted by atomic mass is 127. The molecule has 0 spiro atoms. The Morgan fingerprint density at radius 3 is 2.83 bits per heavy atom. The fourth-order valence-corrected chi connectivity index (χ4v) is 3.54. The number of nitrogens with zero attached hydrogens (tertiary/aromatic N) is 2. The first-order valence-electron chi connectivity index (χ1n) is 10.7. The molecule has 2 atom stereocenters. The molecule has 8 heteroatoms. The molecule has 0 saturated carbocycles. The molecule has 1 aliphatic rings. The van der Waals surface area contributed by atoms with Crippen molar-refractivity contribution >= 4 is 29.9 Å². The molecule has 2 rings (SSSR count). The molecule has 1 heterocycles. The Hall–Kier alpha value is -1.10. The summed E-state index contributed by atoms with van der Waals surface area (Å²) in [4.78, 5) is 7.06. The number of benzene rings is 1. The van der Waals surface area contributed by atoms with Crippen LogP contribution in [0.15, 0.2) is 29.3 Å². The number of aliphatic hydroxyl groups is 1. The average molecular weight is 534 g/mol. The van der Waals surface area contributed by atoms with E-state index in [4.69, 9.17) is 9.47 Å². The fraction of sp³-hybridized carbons (Fsp3) is 0.682. The van der Waals surface area contributed by atoms with Crippen LogP contribution in [0.4, 0.5) is 0 Å². The van der Waals surface area contributed by atoms with Crippen LogP contribution < -0.4 is 15.4 Å². The van der Waals surface area contributed by atoms with Crippen LogP contribution >= 0.6 is 24.0 Å². The van der Waals surface area contributed by atoms with Crippen LogP contribution in [-0.4, -0.2) is 74.6 Å². The van der Waals surface area contributed by atoms with Crippen molar-refractivity contribution in [3.8, 4) is 5.75 Å². The van der Waals surface area contributed by atoms with E-state index in [1.165, 1.54) is 12.8 Å². The summed E-state index contributed by atoms with van der Waals surface area (Å²) in [6.45, 7) is 10.8. The lowest BCUT2D eigenvalue weighted by Crippen LogP contribution is -2.45. The molecule has 2 unspecified atom stereocenters. The van der Waals surface area contributed by atoms with Crippen molar-refractivity contribution < 1.29 is 14.6 Å². The van der Waals surface area contributed by atoms with Crippen molar-refractivity contribution in [2.45, 2.75) is 51.9 Å². The molecule has 1 aliphatic heterocycles. The van der Waals surface area contributed by atoms with Gasteiger partial charge in [-0.05, 0) is 57.9 Å². The van der Waals surface area contributed by atoms with E-state index >= 15 is 0 Å². The van der Waals surface area contributed by atoms with Crippen molar-refractivity contribution in [3.05, 3.63) is 29.8 Å². The third-order valence-electron chi connectivity index (χ3n) is 4.97. The largest absolute Gasteiger partial charge is 0.491 e. The number of ether oxygens (including phenoxy) is 2. The number of hydrogen-bond acceptors (Lipinski definition) is 5. The zero-order chi connectivity index (χ0) is 21.1. The molecular weight excluding hydrogens is 495 g/mol. The third-order valence-corrected chi connectivity index (χ3v) is 4.97. The fourth-order valence-electron chi connectivity index (χ4n) is 3.54. The maximum absolute atomic E-state index is 10.6. The molecule has 1 aromatic rings. The van der Waals surface area contributed by atoms with Crippen molar-refractivity contribution in [2.24, 2.45) is 4.99 Å². The molecule has 30 heavy (non-hydrogen) atoms. The molecule has 172 valence electrons. The first-order chi connectivity index (χ1) is 14.0. The highest BCUT2D eigenvalue weighted by Gasteiger charge is 2.24. The topological polar surface area (TPSA) is 78.4 Å². The molecule has 0 aliphatic carbocycles. The van der Waals surface area contributed by atoms with Crippen molar-refractivity contribution in [1.29, 1.82) is 0 Å². The summed E-state index contributed by atoms with van der Waals surface area (Å²) < 4.78 is 10.9. The van der Waals surface area contributed by atoms with Gasteiger partial charge in [0.1, 0.15) is 5.75 Å². The minimum Gasteiger partial charge on any atom is -0.491 e. The summed E-state index contributed by atoms with van der Waals surface area (Å²) in [6.07, 6.45) is 1.83. The van der Waals surface area contributed by atoms with Gasteiger partial charge in [0.2, 0.25) is 0 Å². The van der Waals surface area contributed by atoms with E-state index in [-0.39, 0.29) is 30.1 Å². The maximum Gasteiger partial charge on any atom is 0.191 e. The highest BCUT2D eigenvalue weighted by Crippen LogP contribution is 2.20. The molecule has 1 fully saturated rings. The number of aliphatic hydroxyl groups excluding tert-OH is 1. The second-order valence-electron chi connectivity index (χ2n) is 7.68. The summed E-state index contributed by atoms with van der Waals surface area (Å²) in [5.41, 5.74) is 0.810. The first-order valence-corrected chi connectivity index (χ1v) is 10.7. The zero-order valence-corrected chi connectivity index (χ0v) is 21.1. The van der Waals surface area contributed by atoms with Crippen LogP contribution in [0.2, 0.25) is 0 Å². The Balaban J connectivity index is 0.00000450. The monoisotopic (exact) mass is 534 g/mol. The lowest BCUT2D eigenvalue weighted by molar-refractivity contribution is 0.141. The summed E-state index contributed by atoms with van der Waals surface area (Å²) in [5.74, 6) is 1.50. The van der Waals surface area contributed by atoms with Crippen molar-refractivity contribution in [2.75, 3.05) is 46.4 Å². The zero-order valence-electron chi connectivity index (χ0n) is 18.8. The lowest BCUT2D eigenvalue weighted by Gasteiger charge is -2.25. The van der Waals surface area contributed by atoms with Gasteiger partial charge in [0.15, 0.2) is 5.96 Å². The second-order valence-corrected chi connectivity index (χ2v) is 7.68. The van der Waals surface area contributed by atoms with Crippen molar-refractivity contribution in [3.63, 3.8) is 0 Å². The van der Waals surface area contributed by atoms with Crippen LogP contribution in [0.1, 0.15) is 45.3 Å². The van der Waals surface area contributed by atoms with E-state index in [2.05, 4.69) is 20.5 Å². The molecule has 3 N–H and O–H groups in total. The summed E-state index contributed by atoms with van der Waals surface area (Å²) >= 11 is 0. The molecule has 0 radical (unpaired) electrons. The number of rotatable bonds is 11. The predicted octanol–water partition coefficient (Wildman–Crippen LogP) is 2.79. The Labute approximate surface area is 198 Å². The van der Waals surface area contributed by atoms with Gasteiger partial charge in [0, 0.05) is 32.8 Å². The van der Waals surface area contributed by atoms with Crippen molar-refractivity contribution in [1.82, 2.24) is 15.5 Å². The van der Waals surface area contributed by atoms with Gasteiger partial charge in [-0.25, -0.2) is 0 Å². The van der Waals surface area contributed by atoms with Gasteiger partial charge >= 0.3 is 0 Å². The van der Waals surface area contributed by atoms with E-state index in [1.807, 2.05) is 45.0 Å². The normalized spacial score (nSPS) is 18.2. The minimum atomic E-state index is -0.675. The van der Waals surface area contributed by atoms with Gasteiger partial charge in [-0.2, -0.15) is 0 Å². The number of nitrogens with one attached hydrogen (secondary N) is 2. The Bertz CT molecular complexity index is 630. The standard InChI is InChI=1S/C22H38N4O3.HI/c1-5-23-22(24-15-19-9-7-11-26(19)12-13-28-4)25-16-21(27)18-8-6-10-20(14-18)29-17(2)3;/h6,8,10,14,17,19,21,27H,5,7,9,11-13,15-16H2,1-4H3,(H2,23,24,25);1H. The Morgan fingerprint density at radius 2 is 2.13 bits per heavy atom. The number of aliphatic imine (C=N–C) groups is 1. The van der Waals surface area contributed by atoms with E-state index in [9.17, 15) is 5.11 Å². The predicted molar refractivity (Wildman–Crippen MR) is 133 cm³/mol. The van der Waals surface area contributed by atoms with E-state index in [0.29, 0.717) is 12.6 Å². The molecule has 7 nitrogen and oxygen atoms in total. The molecule has 1 aromatic carbocycles. The van der Waals surface area contributed by atoms with Gasteiger partial charge in [0.25, 0.3) is 0 Å². The summed E-state index contributed by atoms with van der Waals surface area (Å²) in [7, 11) is 1.75. The lowest BCUT2D eigenvalue weighted by atomic mass is 10.1. The number of methoxy groups -OCH3 is 1. The van der Waals surface area contributed by atoms with Gasteiger partial charge in [-0.1, -0.05) is 12.1 Å². The maximum atomic E-state index is 10.6. The molecule has 1 saturated heterocycles. The molecular formula is C22H39IN4O3. The van der Waals surface area contributed by atoms with Gasteiger partial charge in [-0.3, -0.25) is 9.89 Å². The number of hydrogen-bond donors (Lipinski definition) is 3. The minimum absolute atomic E-state index is 0. The number of guanidine groups is 1. The van der Waals surface area contributed by atoms with Crippen LogP contribution in [0, 0.1) is 0 Å². The van der Waals surface area contributed by atoms with Crippen LogP contribution in [0.25, 0.3) is 0 Å². The Morgan fingerprint density at radius 1 is 1.33 bits per heavy atom. The second kappa shape index (κ2) is 14.8. The van der Waals surface area contributed by atoms with Crippen LogP contribution in [0.5, 0.6) is 5.75 Å². The molecule has 0 bridgehead atoms. The Kier molecular flexibility index (Phi) is 13.3. The van der Waals surface area contributed by atoms with Crippen LogP contribution in [-0.2, 0) is 4.74 Å². The van der Waals surface area contributed by atoms with Crippen LogP contribution in [0.3, 0.4) is 0 Å². The molecule has 0 amide bonds. The SMILES string of the molecule is CCNC(=NCC(O)c1cccc(OC(C)C)c1)NCC1CCCN1CCOC.I. The number of likely N-dealkylation sites (tertiary alicyclic amines) is 1. The smallest absolute Gasteiger partial charge is 0.191 e. The first kappa shape index (κ1) is 26.9. The average Bonchev–Trinajstić information content (AvgIpc) is 3.15. The summed E-state index contributed by atoms with van der Waals surface area (Å²) in [6, 6.07) is 8.08. The summed E-state index contributed by atoms with van der Waals surface area (Å²) in [5, 5.41) is 17.3. The molecule has 0 aromatic heterocycles. The highest BCUT2D eigenvalue weighted by molar-refractivity contribution is 14.0. The van der Waals surface area contributed by atoms with Gasteiger partial charge in [-0.15, -0.1) is 24.0 Å². The van der Waals surface area contributed by atoms with E-state index in [1.54, 1.807) is 7.11 Å². The number of halogens is 1. The van der Waals surface area contributed by atoms with Gasteiger partial charge in [0.05, 0.1) is 25.4 Å². The van der Waals surface area contributed by atoms with E-state index in [0.717, 1.165) is 50.1 Å². The third kappa shape index (κ3) is 9.36. The quantitative estimate of drug-likeness (QED) is 0.230.